The molecule has 0 bridgehead atoms. The Morgan fingerprint density at radius 2 is 1.80 bits per heavy atom. The first kappa shape index (κ1) is 16.6. The van der Waals surface area contributed by atoms with Gasteiger partial charge in [0.2, 0.25) is 0 Å². The third-order valence-corrected chi connectivity index (χ3v) is 0.518. The van der Waals surface area contributed by atoms with Gasteiger partial charge < -0.3 is 27.4 Å². The van der Waals surface area contributed by atoms with E-state index in [2.05, 4.69) is 0 Å². The van der Waals surface area contributed by atoms with Crippen LogP contribution in [0.5, 0.6) is 0 Å². The Morgan fingerprint density at radius 3 is 1.90 bits per heavy atom. The van der Waals surface area contributed by atoms with Crippen LogP contribution in [-0.2, 0) is 29.7 Å². The van der Waals surface area contributed by atoms with Gasteiger partial charge in [-0.2, -0.15) is 0 Å². The van der Waals surface area contributed by atoms with Crippen molar-refractivity contribution in [2.75, 3.05) is 6.61 Å². The van der Waals surface area contributed by atoms with Gasteiger partial charge in [-0.15, -0.1) is 0 Å². The van der Waals surface area contributed by atoms with Gasteiger partial charge in [-0.3, -0.25) is 4.79 Å². The maximum absolute atomic E-state index is 9.95. The molecule has 6 heteroatoms. The molecule has 0 heterocycles. The van der Waals surface area contributed by atoms with E-state index in [9.17, 15) is 14.7 Å². The summed E-state index contributed by atoms with van der Waals surface area (Å²) in [5.41, 5.74) is 0. The van der Waals surface area contributed by atoms with Crippen LogP contribution in [0.1, 0.15) is 6.42 Å². The van der Waals surface area contributed by atoms with Gasteiger partial charge >= 0.3 is 0 Å². The second kappa shape index (κ2) is 9.04. The Labute approximate surface area is 77.4 Å². The van der Waals surface area contributed by atoms with Crippen molar-refractivity contribution < 1.29 is 52.3 Å². The third-order valence-electron chi connectivity index (χ3n) is 0.518. The molecule has 0 spiro atoms. The molecule has 10 heavy (non-hydrogen) atoms. The van der Waals surface area contributed by atoms with E-state index >= 15 is 0 Å². The standard InChI is InChI=1S/C4H6O4.ClH.Ir/c5-2-3(6)1-4(7)8;;/h5H,1-2H2,(H,7,8);1H;/p-2. The number of carboxylic acids is 1. The summed E-state index contributed by atoms with van der Waals surface area (Å²) in [7, 11) is 0. The predicted molar refractivity (Wildman–Crippen MR) is 21.7 cm³/mol. The average molecular weight is 345 g/mol. The molecule has 0 aliphatic heterocycles. The van der Waals surface area contributed by atoms with Crippen molar-refractivity contribution in [3.8, 4) is 0 Å². The largest absolute Gasteiger partial charge is 1.00 e. The monoisotopic (exact) mass is 345 g/mol. The van der Waals surface area contributed by atoms with Gasteiger partial charge in [-0.25, -0.2) is 0 Å². The predicted octanol–water partition coefficient (Wildman–Crippen LogP) is -5.31. The zero-order valence-electron chi connectivity index (χ0n) is 4.80. The Kier molecular flexibility index (Phi) is 15.0. The van der Waals surface area contributed by atoms with Crippen LogP contribution in [0.4, 0.5) is 0 Å². The number of rotatable bonds is 3. The van der Waals surface area contributed by atoms with Crippen LogP contribution >= 0.6 is 0 Å². The molecule has 0 atom stereocenters. The normalized spacial score (nSPS) is 6.90. The van der Waals surface area contributed by atoms with E-state index in [-0.39, 0.29) is 32.5 Å². The van der Waals surface area contributed by atoms with E-state index in [1.54, 1.807) is 0 Å². The number of hydrogen-bond acceptors (Lipinski definition) is 4. The Hall–Kier alpha value is 0.0394. The van der Waals surface area contributed by atoms with Crippen molar-refractivity contribution in [2.24, 2.45) is 0 Å². The molecule has 0 rings (SSSR count). The molecule has 0 aromatic rings. The van der Waals surface area contributed by atoms with Crippen LogP contribution in [0.3, 0.4) is 0 Å². The smallest absolute Gasteiger partial charge is 0.163 e. The zero-order valence-corrected chi connectivity index (χ0v) is 7.95. The van der Waals surface area contributed by atoms with Gasteiger partial charge in [-0.1, -0.05) is 0 Å². The van der Waals surface area contributed by atoms with Crippen molar-refractivity contribution in [2.45, 2.75) is 6.42 Å². The van der Waals surface area contributed by atoms with E-state index in [1.807, 2.05) is 0 Å². The summed E-state index contributed by atoms with van der Waals surface area (Å²) >= 11 is 0. The number of hydrogen-bond donors (Lipinski definition) is 1. The first-order chi connectivity index (χ1) is 3.66. The first-order valence-electron chi connectivity index (χ1n) is 1.99. The summed E-state index contributed by atoms with van der Waals surface area (Å²) in [6, 6.07) is 0. The van der Waals surface area contributed by atoms with E-state index < -0.39 is 24.8 Å². The van der Waals surface area contributed by atoms with Crippen molar-refractivity contribution in [3.63, 3.8) is 0 Å². The van der Waals surface area contributed by atoms with Crippen molar-refractivity contribution in [1.29, 1.82) is 0 Å². The minimum absolute atomic E-state index is 0. The van der Waals surface area contributed by atoms with Gasteiger partial charge in [0.25, 0.3) is 0 Å². The molecule has 1 radical (unpaired) electrons. The van der Waals surface area contributed by atoms with Gasteiger partial charge in [0.15, 0.2) is 5.78 Å². The number of carbonyl (C=O) groups excluding carboxylic acids is 2. The van der Waals surface area contributed by atoms with E-state index in [1.165, 1.54) is 0 Å². The molecule has 0 amide bonds. The number of aliphatic hydroxyl groups is 1. The summed E-state index contributed by atoms with van der Waals surface area (Å²) < 4.78 is 0. The number of ketones is 1. The molecule has 4 nitrogen and oxygen atoms in total. The van der Waals surface area contributed by atoms with E-state index in [0.29, 0.717) is 0 Å². The number of halogens is 1. The number of aliphatic carboxylic acids is 1. The third kappa shape index (κ3) is 10.9. The number of carbonyl (C=O) groups is 2. The van der Waals surface area contributed by atoms with Crippen LogP contribution in [0.15, 0.2) is 0 Å². The van der Waals surface area contributed by atoms with Gasteiger partial charge in [0, 0.05) is 32.5 Å². The molecule has 0 unspecified atom stereocenters. The number of carboxylic acid groups (broad SMARTS) is 1. The average Bonchev–Trinajstić information content (AvgIpc) is 1.65. The fraction of sp³-hybridized carbons (Fsp3) is 0.500. The molecule has 0 aromatic heterocycles. The van der Waals surface area contributed by atoms with E-state index in [0.717, 1.165) is 0 Å². The first-order valence-corrected chi connectivity index (χ1v) is 1.99. The Bertz CT molecular complexity index is 116. The van der Waals surface area contributed by atoms with Crippen LogP contribution in [-0.4, -0.2) is 23.5 Å². The topological polar surface area (TPSA) is 77.4 Å². The number of aliphatic hydroxyl groups excluding tert-OH is 1. The minimum atomic E-state index is -1.45. The Balaban J connectivity index is -0.000000245. The van der Waals surface area contributed by atoms with Crippen LogP contribution < -0.4 is 17.5 Å². The summed E-state index contributed by atoms with van der Waals surface area (Å²) in [6.07, 6.45) is -0.698. The van der Waals surface area contributed by atoms with Crippen molar-refractivity contribution >= 4 is 11.8 Å². The molecule has 1 N–H and O–H groups in total. The maximum atomic E-state index is 9.95. The van der Waals surface area contributed by atoms with Gasteiger partial charge in [0.1, 0.15) is 6.61 Å². The van der Waals surface area contributed by atoms with Gasteiger partial charge in [0.05, 0.1) is 0 Å². The summed E-state index contributed by atoms with van der Waals surface area (Å²) in [5.74, 6) is -2.19. The van der Waals surface area contributed by atoms with Gasteiger partial charge in [-0.05, 0) is 0 Å². The quantitative estimate of drug-likeness (QED) is 0.519. The molecule has 63 valence electrons. The van der Waals surface area contributed by atoms with Crippen molar-refractivity contribution in [3.05, 3.63) is 0 Å². The molecular weight excluding hydrogens is 340 g/mol. The Morgan fingerprint density at radius 1 is 1.40 bits per heavy atom. The van der Waals surface area contributed by atoms with Crippen LogP contribution in [0.2, 0.25) is 0 Å². The van der Waals surface area contributed by atoms with Crippen LogP contribution in [0, 0.1) is 0 Å². The van der Waals surface area contributed by atoms with Crippen LogP contribution in [0.25, 0.3) is 0 Å². The molecule has 0 aliphatic carbocycles. The molecule has 0 saturated heterocycles. The molecule has 0 fully saturated rings. The summed E-state index contributed by atoms with van der Waals surface area (Å²) in [6.45, 7) is -0.728. The minimum Gasteiger partial charge on any atom is -1.00 e. The second-order valence-electron chi connectivity index (χ2n) is 1.25. The number of Topliss-reactive ketones (excluding diaryl/α,β-unsaturated/α-hetero) is 1. The fourth-order valence-corrected chi connectivity index (χ4v) is 0.217. The molecule has 0 aliphatic rings. The maximum Gasteiger partial charge on any atom is 0.163 e. The zero-order chi connectivity index (χ0) is 6.57. The SMILES string of the molecule is O=C([O-])CC(=O)CO.[Cl-].[Ir]. The van der Waals surface area contributed by atoms with E-state index in [4.69, 9.17) is 5.11 Å². The summed E-state index contributed by atoms with van der Waals surface area (Å²) in [4.78, 5) is 19.5. The summed E-state index contributed by atoms with van der Waals surface area (Å²) in [5, 5.41) is 17.5. The molecular formula is C4H5ClIrO4-2. The molecule has 0 aromatic carbocycles. The second-order valence-corrected chi connectivity index (χ2v) is 1.25. The van der Waals surface area contributed by atoms with Crippen molar-refractivity contribution in [1.82, 2.24) is 0 Å². The molecule has 0 saturated carbocycles. The fourth-order valence-electron chi connectivity index (χ4n) is 0.217.